The first kappa shape index (κ1) is 17.1. The number of aromatic nitrogens is 1. The quantitative estimate of drug-likeness (QED) is 0.756. The molecule has 6 nitrogen and oxygen atoms in total. The van der Waals surface area contributed by atoms with Crippen LogP contribution in [0.1, 0.15) is 12.0 Å². The molecule has 132 valence electrons. The Kier molecular flexibility index (Phi) is 5.72. The predicted octanol–water partition coefficient (Wildman–Crippen LogP) is 2.26. The van der Waals surface area contributed by atoms with Crippen LogP contribution in [0.15, 0.2) is 42.7 Å². The van der Waals surface area contributed by atoms with Crippen LogP contribution in [0.25, 0.3) is 0 Å². The molecule has 1 amide bonds. The number of ether oxygens (including phenoxy) is 2. The van der Waals surface area contributed by atoms with Gasteiger partial charge in [-0.25, -0.2) is 0 Å². The van der Waals surface area contributed by atoms with Crippen LogP contribution in [0.5, 0.6) is 11.5 Å². The minimum Gasteiger partial charge on any atom is -0.493 e. The maximum atomic E-state index is 12.3. The van der Waals surface area contributed by atoms with Crippen molar-refractivity contribution in [1.29, 1.82) is 0 Å². The van der Waals surface area contributed by atoms with Gasteiger partial charge in [-0.05, 0) is 36.6 Å². The van der Waals surface area contributed by atoms with Crippen LogP contribution < -0.4 is 20.1 Å². The molecule has 0 unspecified atom stereocenters. The van der Waals surface area contributed by atoms with Crippen molar-refractivity contribution < 1.29 is 14.3 Å². The average molecular weight is 341 g/mol. The molecule has 3 rings (SSSR count). The number of rotatable bonds is 7. The van der Waals surface area contributed by atoms with Gasteiger partial charge in [0, 0.05) is 25.5 Å². The van der Waals surface area contributed by atoms with Crippen LogP contribution in [0, 0.1) is 5.92 Å². The monoisotopic (exact) mass is 341 g/mol. The van der Waals surface area contributed by atoms with Crippen LogP contribution in [0.3, 0.4) is 0 Å². The van der Waals surface area contributed by atoms with Gasteiger partial charge in [0.25, 0.3) is 0 Å². The molecule has 0 fully saturated rings. The number of carbonyl (C=O) groups is 1. The maximum absolute atomic E-state index is 12.3. The molecule has 1 aromatic heterocycles. The minimum absolute atomic E-state index is 0.0369. The van der Waals surface area contributed by atoms with Crippen molar-refractivity contribution in [2.75, 3.05) is 32.1 Å². The van der Waals surface area contributed by atoms with Crippen molar-refractivity contribution in [3.63, 3.8) is 0 Å². The molecule has 1 aromatic carbocycles. The number of para-hydroxylation sites is 1. The third kappa shape index (κ3) is 4.41. The number of amides is 1. The van der Waals surface area contributed by atoms with E-state index in [1.54, 1.807) is 19.5 Å². The number of nitrogens with one attached hydrogen (secondary N) is 2. The van der Waals surface area contributed by atoms with Crippen LogP contribution in [-0.2, 0) is 11.2 Å². The standard InChI is InChI=1S/C19H23N3O3/c1-24-17-7-2-5-14-11-15(13-25-18(14)17)19(23)22-10-4-9-21-16-6-3-8-20-12-16/h2-3,5-8,12,15,21H,4,9-11,13H2,1H3,(H,22,23)/t15-/m1/s1. The smallest absolute Gasteiger partial charge is 0.226 e. The predicted molar refractivity (Wildman–Crippen MR) is 96.0 cm³/mol. The zero-order valence-corrected chi connectivity index (χ0v) is 14.3. The molecule has 2 heterocycles. The molecule has 0 aliphatic carbocycles. The number of fused-ring (bicyclic) bond motifs is 1. The summed E-state index contributed by atoms with van der Waals surface area (Å²) in [5.41, 5.74) is 2.00. The van der Waals surface area contributed by atoms with E-state index in [-0.39, 0.29) is 11.8 Å². The summed E-state index contributed by atoms with van der Waals surface area (Å²) in [6.45, 7) is 1.80. The summed E-state index contributed by atoms with van der Waals surface area (Å²) in [5.74, 6) is 1.35. The summed E-state index contributed by atoms with van der Waals surface area (Å²) >= 11 is 0. The number of nitrogens with zero attached hydrogens (tertiary/aromatic N) is 1. The van der Waals surface area contributed by atoms with E-state index < -0.39 is 0 Å². The van der Waals surface area contributed by atoms with E-state index in [0.29, 0.717) is 19.6 Å². The van der Waals surface area contributed by atoms with Gasteiger partial charge in [-0.3, -0.25) is 9.78 Å². The molecule has 0 saturated carbocycles. The molecule has 6 heteroatoms. The maximum Gasteiger partial charge on any atom is 0.226 e. The highest BCUT2D eigenvalue weighted by molar-refractivity contribution is 5.79. The minimum atomic E-state index is -0.161. The Morgan fingerprint density at radius 3 is 3.04 bits per heavy atom. The lowest BCUT2D eigenvalue weighted by Gasteiger charge is -2.25. The zero-order chi connectivity index (χ0) is 17.5. The van der Waals surface area contributed by atoms with Gasteiger partial charge >= 0.3 is 0 Å². The topological polar surface area (TPSA) is 72.5 Å². The van der Waals surface area contributed by atoms with Crippen LogP contribution in [-0.4, -0.2) is 37.7 Å². The molecule has 0 radical (unpaired) electrons. The highest BCUT2D eigenvalue weighted by Gasteiger charge is 2.27. The van der Waals surface area contributed by atoms with Gasteiger partial charge < -0.3 is 20.1 Å². The Bertz CT molecular complexity index is 706. The van der Waals surface area contributed by atoms with E-state index >= 15 is 0 Å². The number of methoxy groups -OCH3 is 1. The normalized spacial score (nSPS) is 15.6. The largest absolute Gasteiger partial charge is 0.493 e. The van der Waals surface area contributed by atoms with E-state index in [4.69, 9.17) is 9.47 Å². The third-order valence-corrected chi connectivity index (χ3v) is 4.19. The van der Waals surface area contributed by atoms with Crippen LogP contribution in [0.2, 0.25) is 0 Å². The van der Waals surface area contributed by atoms with Gasteiger partial charge in [0.1, 0.15) is 6.61 Å². The Hall–Kier alpha value is -2.76. The van der Waals surface area contributed by atoms with Crippen molar-refractivity contribution in [2.24, 2.45) is 5.92 Å². The molecule has 1 aliphatic rings. The van der Waals surface area contributed by atoms with Crippen molar-refractivity contribution in [3.8, 4) is 11.5 Å². The van der Waals surface area contributed by atoms with E-state index in [0.717, 1.165) is 35.7 Å². The summed E-state index contributed by atoms with van der Waals surface area (Å²) in [6.07, 6.45) is 5.04. The second-order valence-electron chi connectivity index (χ2n) is 5.97. The molecule has 0 spiro atoms. The lowest BCUT2D eigenvalue weighted by Crippen LogP contribution is -2.38. The summed E-state index contributed by atoms with van der Waals surface area (Å²) < 4.78 is 11.1. The first-order valence-corrected chi connectivity index (χ1v) is 8.48. The molecule has 1 aliphatic heterocycles. The highest BCUT2D eigenvalue weighted by Crippen LogP contribution is 2.35. The van der Waals surface area contributed by atoms with E-state index in [1.807, 2.05) is 30.3 Å². The van der Waals surface area contributed by atoms with Crippen molar-refractivity contribution in [3.05, 3.63) is 48.3 Å². The van der Waals surface area contributed by atoms with Gasteiger partial charge in [0.05, 0.1) is 18.7 Å². The van der Waals surface area contributed by atoms with Crippen molar-refractivity contribution in [1.82, 2.24) is 10.3 Å². The number of benzene rings is 1. The van der Waals surface area contributed by atoms with E-state index in [2.05, 4.69) is 15.6 Å². The molecule has 1 atom stereocenters. The Balaban J connectivity index is 1.42. The van der Waals surface area contributed by atoms with Crippen molar-refractivity contribution in [2.45, 2.75) is 12.8 Å². The van der Waals surface area contributed by atoms with Crippen LogP contribution in [0.4, 0.5) is 5.69 Å². The average Bonchev–Trinajstić information content (AvgIpc) is 2.67. The van der Waals surface area contributed by atoms with Gasteiger partial charge in [-0.1, -0.05) is 12.1 Å². The summed E-state index contributed by atoms with van der Waals surface area (Å²) in [5, 5.41) is 6.26. The first-order valence-electron chi connectivity index (χ1n) is 8.48. The van der Waals surface area contributed by atoms with Gasteiger partial charge in [0.2, 0.25) is 5.91 Å². The van der Waals surface area contributed by atoms with E-state index in [1.165, 1.54) is 0 Å². The molecule has 25 heavy (non-hydrogen) atoms. The molecular weight excluding hydrogens is 318 g/mol. The number of pyridine rings is 1. The molecular formula is C19H23N3O3. The van der Waals surface area contributed by atoms with Gasteiger partial charge in [0.15, 0.2) is 11.5 Å². The first-order chi connectivity index (χ1) is 12.3. The fraction of sp³-hybridized carbons (Fsp3) is 0.368. The van der Waals surface area contributed by atoms with Gasteiger partial charge in [-0.2, -0.15) is 0 Å². The zero-order valence-electron chi connectivity index (χ0n) is 14.3. The molecule has 0 saturated heterocycles. The third-order valence-electron chi connectivity index (χ3n) is 4.19. The second kappa shape index (κ2) is 8.37. The number of anilines is 1. The SMILES string of the molecule is COc1cccc2c1OC[C@H](C(=O)NCCCNc1cccnc1)C2. The number of hydrogen-bond donors (Lipinski definition) is 2. The summed E-state index contributed by atoms with van der Waals surface area (Å²) in [4.78, 5) is 16.4. The summed E-state index contributed by atoms with van der Waals surface area (Å²) in [7, 11) is 1.62. The molecule has 2 N–H and O–H groups in total. The molecule has 0 bridgehead atoms. The lowest BCUT2D eigenvalue weighted by molar-refractivity contribution is -0.126. The number of hydrogen-bond acceptors (Lipinski definition) is 5. The fourth-order valence-electron chi connectivity index (χ4n) is 2.87. The van der Waals surface area contributed by atoms with Gasteiger partial charge in [-0.15, -0.1) is 0 Å². The Morgan fingerprint density at radius 2 is 2.24 bits per heavy atom. The fourth-order valence-corrected chi connectivity index (χ4v) is 2.87. The number of carbonyl (C=O) groups excluding carboxylic acids is 1. The Morgan fingerprint density at radius 1 is 1.32 bits per heavy atom. The Labute approximate surface area is 147 Å². The van der Waals surface area contributed by atoms with E-state index in [9.17, 15) is 4.79 Å². The molecule has 2 aromatic rings. The van der Waals surface area contributed by atoms with Crippen LogP contribution >= 0.6 is 0 Å². The van der Waals surface area contributed by atoms with Crippen molar-refractivity contribution >= 4 is 11.6 Å². The summed E-state index contributed by atoms with van der Waals surface area (Å²) in [6, 6.07) is 9.63. The highest BCUT2D eigenvalue weighted by atomic mass is 16.5. The lowest BCUT2D eigenvalue weighted by atomic mass is 9.95. The second-order valence-corrected chi connectivity index (χ2v) is 5.97.